The first kappa shape index (κ1) is 15.5. The molecule has 0 saturated carbocycles. The maximum absolute atomic E-state index is 12.8. The van der Waals surface area contributed by atoms with Crippen molar-refractivity contribution in [3.8, 4) is 5.75 Å². The predicted molar refractivity (Wildman–Crippen MR) is 89.3 cm³/mol. The van der Waals surface area contributed by atoms with Crippen LogP contribution in [-0.2, 0) is 9.59 Å². The van der Waals surface area contributed by atoms with Gasteiger partial charge in [0.05, 0.1) is 0 Å². The van der Waals surface area contributed by atoms with Crippen molar-refractivity contribution < 1.29 is 19.1 Å². The lowest BCUT2D eigenvalue weighted by atomic mass is 10.1. The van der Waals surface area contributed by atoms with Crippen LogP contribution in [0.2, 0.25) is 0 Å². The molecular formula is C18H13FN2O3. The molecule has 3 aromatic carbocycles. The number of aromatic hydroxyl groups is 1. The summed E-state index contributed by atoms with van der Waals surface area (Å²) in [4.78, 5) is 24.0. The van der Waals surface area contributed by atoms with Gasteiger partial charge in [-0.15, -0.1) is 0 Å². The summed E-state index contributed by atoms with van der Waals surface area (Å²) in [5.41, 5.74) is 0.717. The van der Waals surface area contributed by atoms with Gasteiger partial charge in [0, 0.05) is 22.1 Å². The van der Waals surface area contributed by atoms with E-state index in [1.54, 1.807) is 30.3 Å². The Morgan fingerprint density at radius 3 is 2.17 bits per heavy atom. The van der Waals surface area contributed by atoms with E-state index in [-0.39, 0.29) is 5.75 Å². The molecule has 3 aromatic rings. The third-order valence-corrected chi connectivity index (χ3v) is 3.46. The molecule has 0 aliphatic heterocycles. The van der Waals surface area contributed by atoms with Gasteiger partial charge in [0.2, 0.25) is 0 Å². The topological polar surface area (TPSA) is 78.4 Å². The number of halogens is 1. The van der Waals surface area contributed by atoms with Crippen LogP contribution in [-0.4, -0.2) is 16.9 Å². The van der Waals surface area contributed by atoms with Crippen LogP contribution in [0.3, 0.4) is 0 Å². The Hall–Kier alpha value is -3.41. The van der Waals surface area contributed by atoms with Crippen molar-refractivity contribution in [3.63, 3.8) is 0 Å². The van der Waals surface area contributed by atoms with Gasteiger partial charge < -0.3 is 15.7 Å². The first-order chi connectivity index (χ1) is 11.5. The normalized spacial score (nSPS) is 10.4. The van der Waals surface area contributed by atoms with E-state index in [9.17, 15) is 19.1 Å². The van der Waals surface area contributed by atoms with Gasteiger partial charge in [-0.25, -0.2) is 4.39 Å². The minimum atomic E-state index is -0.876. The van der Waals surface area contributed by atoms with Crippen molar-refractivity contribution in [2.75, 3.05) is 10.6 Å². The summed E-state index contributed by atoms with van der Waals surface area (Å²) in [6, 6.07) is 15.0. The van der Waals surface area contributed by atoms with Gasteiger partial charge in [-0.05, 0) is 36.4 Å². The van der Waals surface area contributed by atoms with E-state index in [0.717, 1.165) is 0 Å². The highest BCUT2D eigenvalue weighted by molar-refractivity contribution is 6.44. The Labute approximate surface area is 136 Å². The fraction of sp³-hybridized carbons (Fsp3) is 0. The maximum atomic E-state index is 12.8. The molecular weight excluding hydrogens is 311 g/mol. The Bertz CT molecular complexity index is 923. The van der Waals surface area contributed by atoms with E-state index >= 15 is 0 Å². The molecule has 6 heteroatoms. The van der Waals surface area contributed by atoms with Crippen molar-refractivity contribution in [1.82, 2.24) is 0 Å². The number of phenols is 1. The van der Waals surface area contributed by atoms with Gasteiger partial charge in [0.1, 0.15) is 11.6 Å². The Morgan fingerprint density at radius 2 is 1.42 bits per heavy atom. The number of carbonyl (C=O) groups excluding carboxylic acids is 2. The zero-order valence-corrected chi connectivity index (χ0v) is 12.4. The minimum absolute atomic E-state index is 0.0827. The number of anilines is 2. The zero-order valence-electron chi connectivity index (χ0n) is 12.4. The highest BCUT2D eigenvalue weighted by Gasteiger charge is 2.15. The monoisotopic (exact) mass is 324 g/mol. The summed E-state index contributed by atoms with van der Waals surface area (Å²) in [7, 11) is 0. The Kier molecular flexibility index (Phi) is 4.11. The number of rotatable bonds is 2. The molecule has 0 radical (unpaired) electrons. The van der Waals surface area contributed by atoms with Crippen molar-refractivity contribution in [2.24, 2.45) is 0 Å². The number of carbonyl (C=O) groups is 2. The number of phenolic OH excluding ortho intramolecular Hbond substituents is 1. The summed E-state index contributed by atoms with van der Waals surface area (Å²) in [6.07, 6.45) is 0. The predicted octanol–water partition coefficient (Wildman–Crippen LogP) is 3.26. The largest absolute Gasteiger partial charge is 0.507 e. The van der Waals surface area contributed by atoms with E-state index < -0.39 is 17.6 Å². The molecule has 5 nitrogen and oxygen atoms in total. The standard InChI is InChI=1S/C18H13FN2O3/c19-11-7-9-12(10-8-11)20-17(23)18(24)21-15-5-1-4-14-13(15)3-2-6-16(14)22/h1-10,22H,(H,20,23)(H,21,24). The lowest BCUT2D eigenvalue weighted by molar-refractivity contribution is -0.132. The van der Waals surface area contributed by atoms with Gasteiger partial charge in [-0.1, -0.05) is 24.3 Å². The van der Waals surface area contributed by atoms with Crippen LogP contribution in [0.5, 0.6) is 5.75 Å². The average Bonchev–Trinajstić information content (AvgIpc) is 2.58. The lowest BCUT2D eigenvalue weighted by Crippen LogP contribution is -2.29. The molecule has 2 amide bonds. The molecule has 0 heterocycles. The number of amides is 2. The van der Waals surface area contributed by atoms with Gasteiger partial charge in [-0.2, -0.15) is 0 Å². The number of hydrogen-bond donors (Lipinski definition) is 3. The van der Waals surface area contributed by atoms with E-state index in [4.69, 9.17) is 0 Å². The van der Waals surface area contributed by atoms with E-state index in [0.29, 0.717) is 22.1 Å². The molecule has 0 spiro atoms. The molecule has 0 unspecified atom stereocenters. The number of benzene rings is 3. The summed E-state index contributed by atoms with van der Waals surface area (Å²) < 4.78 is 12.8. The molecule has 0 atom stereocenters. The second-order valence-electron chi connectivity index (χ2n) is 5.09. The molecule has 0 saturated heterocycles. The SMILES string of the molecule is O=C(Nc1ccc(F)cc1)C(=O)Nc1cccc2c(O)cccc12. The number of hydrogen-bond acceptors (Lipinski definition) is 3. The summed E-state index contributed by atoms with van der Waals surface area (Å²) >= 11 is 0. The van der Waals surface area contributed by atoms with Crippen LogP contribution in [0.1, 0.15) is 0 Å². The average molecular weight is 324 g/mol. The zero-order chi connectivity index (χ0) is 17.1. The van der Waals surface area contributed by atoms with Gasteiger partial charge in [-0.3, -0.25) is 9.59 Å². The molecule has 3 rings (SSSR count). The molecule has 0 bridgehead atoms. The molecule has 0 aliphatic rings. The summed E-state index contributed by atoms with van der Waals surface area (Å²) in [5.74, 6) is -2.10. The molecule has 24 heavy (non-hydrogen) atoms. The van der Waals surface area contributed by atoms with Crippen molar-refractivity contribution in [3.05, 3.63) is 66.5 Å². The highest BCUT2D eigenvalue weighted by atomic mass is 19.1. The second-order valence-corrected chi connectivity index (χ2v) is 5.09. The molecule has 3 N–H and O–H groups in total. The Balaban J connectivity index is 1.78. The van der Waals surface area contributed by atoms with Crippen LogP contribution in [0.15, 0.2) is 60.7 Å². The van der Waals surface area contributed by atoms with Crippen molar-refractivity contribution >= 4 is 34.0 Å². The van der Waals surface area contributed by atoms with Gasteiger partial charge in [0.15, 0.2) is 0 Å². The number of fused-ring (bicyclic) bond motifs is 1. The molecule has 0 aromatic heterocycles. The van der Waals surface area contributed by atoms with Gasteiger partial charge >= 0.3 is 11.8 Å². The van der Waals surface area contributed by atoms with Crippen LogP contribution in [0.4, 0.5) is 15.8 Å². The van der Waals surface area contributed by atoms with Crippen molar-refractivity contribution in [2.45, 2.75) is 0 Å². The van der Waals surface area contributed by atoms with Gasteiger partial charge in [0.25, 0.3) is 0 Å². The van der Waals surface area contributed by atoms with Crippen molar-refractivity contribution in [1.29, 1.82) is 0 Å². The van der Waals surface area contributed by atoms with Crippen LogP contribution >= 0.6 is 0 Å². The fourth-order valence-corrected chi connectivity index (χ4v) is 2.30. The first-order valence-corrected chi connectivity index (χ1v) is 7.13. The lowest BCUT2D eigenvalue weighted by Gasteiger charge is -2.10. The quantitative estimate of drug-likeness (QED) is 0.633. The second kappa shape index (κ2) is 6.37. The third kappa shape index (κ3) is 3.17. The molecule has 0 fully saturated rings. The van der Waals surface area contributed by atoms with Crippen LogP contribution < -0.4 is 10.6 Å². The fourth-order valence-electron chi connectivity index (χ4n) is 2.30. The first-order valence-electron chi connectivity index (χ1n) is 7.13. The minimum Gasteiger partial charge on any atom is -0.507 e. The maximum Gasteiger partial charge on any atom is 0.314 e. The molecule has 0 aliphatic carbocycles. The number of nitrogens with one attached hydrogen (secondary N) is 2. The van der Waals surface area contributed by atoms with E-state index in [2.05, 4.69) is 10.6 Å². The third-order valence-electron chi connectivity index (χ3n) is 3.46. The van der Waals surface area contributed by atoms with E-state index in [1.807, 2.05) is 0 Å². The highest BCUT2D eigenvalue weighted by Crippen LogP contribution is 2.29. The summed E-state index contributed by atoms with van der Waals surface area (Å²) in [6.45, 7) is 0. The smallest absolute Gasteiger partial charge is 0.314 e. The Morgan fingerprint density at radius 1 is 0.792 bits per heavy atom. The summed E-state index contributed by atoms with van der Waals surface area (Å²) in [5, 5.41) is 15.9. The molecule has 120 valence electrons. The van der Waals surface area contributed by atoms with Crippen LogP contribution in [0, 0.1) is 5.82 Å². The van der Waals surface area contributed by atoms with Crippen LogP contribution in [0.25, 0.3) is 10.8 Å². The van der Waals surface area contributed by atoms with E-state index in [1.165, 1.54) is 30.3 Å².